The monoisotopic (exact) mass is 562 g/mol. The summed E-state index contributed by atoms with van der Waals surface area (Å²) in [4.78, 5) is 0. The second kappa shape index (κ2) is 11.5. The van der Waals surface area contributed by atoms with Gasteiger partial charge in [-0.15, -0.1) is 0 Å². The maximum atomic E-state index is 11.0. The molecule has 0 amide bonds. The van der Waals surface area contributed by atoms with Crippen LogP contribution in [0, 0.1) is 0 Å². The third-order valence-corrected chi connectivity index (χ3v) is 7.74. The van der Waals surface area contributed by atoms with Gasteiger partial charge in [-0.3, -0.25) is 0 Å². The van der Waals surface area contributed by atoms with E-state index in [1.165, 1.54) is 5.57 Å². The van der Waals surface area contributed by atoms with Crippen molar-refractivity contribution in [2.24, 2.45) is 0 Å². The molecule has 2 aliphatic rings. The standard InChI is InChI=1S/C24H35IO7/c1-3-4-5-6-14-10-17(27)20(15-9-13(2)7-8-16(15)25)18(11-14)31-24-23(30)22(29)21(28)19(12-26)32-24/h9-11,15-16,19,21-24,26-30H,3-8,12H2,1-2H3/t15-,16?,19-,21-,22+,23-,24-/m1/s1. The molecule has 8 heteroatoms. The fourth-order valence-corrected chi connectivity index (χ4v) is 5.30. The Kier molecular flexibility index (Phi) is 9.23. The minimum atomic E-state index is -1.52. The van der Waals surface area contributed by atoms with E-state index >= 15 is 0 Å². The van der Waals surface area contributed by atoms with Gasteiger partial charge >= 0.3 is 0 Å². The minimum Gasteiger partial charge on any atom is -0.507 e. The molecule has 32 heavy (non-hydrogen) atoms. The van der Waals surface area contributed by atoms with E-state index in [1.54, 1.807) is 6.07 Å². The van der Waals surface area contributed by atoms with Crippen molar-refractivity contribution in [2.45, 2.75) is 92.9 Å². The lowest BCUT2D eigenvalue weighted by Gasteiger charge is -2.40. The highest BCUT2D eigenvalue weighted by Crippen LogP contribution is 2.45. The van der Waals surface area contributed by atoms with E-state index in [2.05, 4.69) is 42.5 Å². The fraction of sp³-hybridized carbons (Fsp3) is 0.667. The lowest BCUT2D eigenvalue weighted by molar-refractivity contribution is -0.277. The number of unbranched alkanes of at least 4 members (excludes halogenated alkanes) is 2. The van der Waals surface area contributed by atoms with Gasteiger partial charge < -0.3 is 35.0 Å². The molecule has 1 fully saturated rings. The number of aliphatic hydroxyl groups excluding tert-OH is 4. The molecule has 7 atom stereocenters. The van der Waals surface area contributed by atoms with Crippen LogP contribution in [-0.2, 0) is 11.2 Å². The number of aryl methyl sites for hydroxylation is 1. The van der Waals surface area contributed by atoms with Gasteiger partial charge in [0.05, 0.1) is 6.61 Å². The van der Waals surface area contributed by atoms with Crippen LogP contribution in [0.3, 0.4) is 0 Å². The zero-order chi connectivity index (χ0) is 23.4. The number of halogens is 1. The Hall–Kier alpha value is -0.910. The molecule has 5 N–H and O–H groups in total. The van der Waals surface area contributed by atoms with Crippen LogP contribution < -0.4 is 4.74 Å². The maximum Gasteiger partial charge on any atom is 0.229 e. The van der Waals surface area contributed by atoms with Crippen LogP contribution in [-0.4, -0.2) is 66.8 Å². The largest absolute Gasteiger partial charge is 0.507 e. The number of hydrogen-bond donors (Lipinski definition) is 5. The normalized spacial score (nSPS) is 33.1. The molecule has 0 saturated carbocycles. The lowest BCUT2D eigenvalue weighted by Crippen LogP contribution is -2.60. The molecule has 1 unspecified atom stereocenters. The number of rotatable bonds is 8. The number of hydrogen-bond acceptors (Lipinski definition) is 7. The summed E-state index contributed by atoms with van der Waals surface area (Å²) in [6, 6.07) is 3.65. The molecular weight excluding hydrogens is 527 g/mol. The van der Waals surface area contributed by atoms with Gasteiger partial charge in [-0.25, -0.2) is 0 Å². The summed E-state index contributed by atoms with van der Waals surface area (Å²) in [7, 11) is 0. The SMILES string of the molecule is CCCCCc1cc(O)c([C@@H]2C=C(C)CCC2I)c(O[C@@H]2O[C@H](CO)[C@@H](O)[C@H](O)[C@H]2O)c1. The van der Waals surface area contributed by atoms with Crippen molar-refractivity contribution >= 4 is 22.6 Å². The van der Waals surface area contributed by atoms with Gasteiger partial charge in [-0.05, 0) is 50.3 Å². The molecule has 3 rings (SSSR count). The third-order valence-electron chi connectivity index (χ3n) is 6.34. The highest BCUT2D eigenvalue weighted by molar-refractivity contribution is 14.1. The van der Waals surface area contributed by atoms with Crippen LogP contribution in [0.2, 0.25) is 0 Å². The molecule has 0 bridgehead atoms. The Morgan fingerprint density at radius 2 is 1.88 bits per heavy atom. The molecule has 1 heterocycles. The molecule has 1 aromatic rings. The van der Waals surface area contributed by atoms with Crippen molar-refractivity contribution < 1.29 is 35.0 Å². The van der Waals surface area contributed by atoms with Gasteiger partial charge in [0.15, 0.2) is 0 Å². The van der Waals surface area contributed by atoms with Crippen LogP contribution >= 0.6 is 22.6 Å². The first kappa shape index (κ1) is 25.7. The summed E-state index contributed by atoms with van der Waals surface area (Å²) in [6.07, 6.45) is 1.20. The predicted octanol–water partition coefficient (Wildman–Crippen LogP) is 2.93. The van der Waals surface area contributed by atoms with Crippen molar-refractivity contribution in [2.75, 3.05) is 6.61 Å². The molecule has 1 aliphatic heterocycles. The number of aromatic hydroxyl groups is 1. The van der Waals surface area contributed by atoms with Gasteiger partial charge in [0.2, 0.25) is 6.29 Å². The summed E-state index contributed by atoms with van der Waals surface area (Å²) in [5, 5.41) is 51.2. The zero-order valence-corrected chi connectivity index (χ0v) is 20.8. The summed E-state index contributed by atoms with van der Waals surface area (Å²) in [5.74, 6) is 0.448. The number of benzene rings is 1. The molecule has 0 radical (unpaired) electrons. The molecule has 0 aromatic heterocycles. The quantitative estimate of drug-likeness (QED) is 0.143. The van der Waals surface area contributed by atoms with E-state index in [-0.39, 0.29) is 15.6 Å². The topological polar surface area (TPSA) is 120 Å². The highest BCUT2D eigenvalue weighted by Gasteiger charge is 2.45. The van der Waals surface area contributed by atoms with Gasteiger partial charge in [0, 0.05) is 15.4 Å². The number of alkyl halides is 1. The van der Waals surface area contributed by atoms with E-state index in [0.29, 0.717) is 11.3 Å². The second-order valence-electron chi connectivity index (χ2n) is 8.89. The molecular formula is C24H35IO7. The van der Waals surface area contributed by atoms with E-state index in [0.717, 1.165) is 44.1 Å². The smallest absolute Gasteiger partial charge is 0.229 e. The van der Waals surface area contributed by atoms with E-state index < -0.39 is 37.3 Å². The van der Waals surface area contributed by atoms with Crippen LogP contribution in [0.25, 0.3) is 0 Å². The van der Waals surface area contributed by atoms with Crippen molar-refractivity contribution in [3.05, 3.63) is 34.9 Å². The summed E-state index contributed by atoms with van der Waals surface area (Å²) in [5.41, 5.74) is 2.79. The van der Waals surface area contributed by atoms with Crippen molar-refractivity contribution in [3.63, 3.8) is 0 Å². The van der Waals surface area contributed by atoms with Crippen LogP contribution in [0.15, 0.2) is 23.8 Å². The second-order valence-corrected chi connectivity index (χ2v) is 10.5. The van der Waals surface area contributed by atoms with Crippen molar-refractivity contribution in [1.82, 2.24) is 0 Å². The molecule has 1 aromatic carbocycles. The molecule has 0 spiro atoms. The van der Waals surface area contributed by atoms with E-state index in [9.17, 15) is 25.5 Å². The first-order valence-electron chi connectivity index (χ1n) is 11.4. The maximum absolute atomic E-state index is 11.0. The molecule has 7 nitrogen and oxygen atoms in total. The first-order chi connectivity index (χ1) is 15.3. The van der Waals surface area contributed by atoms with Gasteiger partial charge in [-0.2, -0.15) is 0 Å². The number of phenolic OH excluding ortho intramolecular Hbond substituents is 1. The zero-order valence-electron chi connectivity index (χ0n) is 18.7. The number of allylic oxidation sites excluding steroid dienone is 2. The van der Waals surface area contributed by atoms with Crippen LogP contribution in [0.5, 0.6) is 11.5 Å². The fourth-order valence-electron chi connectivity index (χ4n) is 4.42. The van der Waals surface area contributed by atoms with Crippen LogP contribution in [0.1, 0.15) is 63.0 Å². The van der Waals surface area contributed by atoms with Crippen molar-refractivity contribution in [3.8, 4) is 11.5 Å². The Morgan fingerprint density at radius 3 is 2.56 bits per heavy atom. The summed E-state index contributed by atoms with van der Waals surface area (Å²) in [6.45, 7) is 3.68. The third kappa shape index (κ3) is 5.77. The lowest BCUT2D eigenvalue weighted by atomic mass is 9.84. The molecule has 1 aliphatic carbocycles. The molecule has 1 saturated heterocycles. The summed E-state index contributed by atoms with van der Waals surface area (Å²) >= 11 is 2.39. The first-order valence-corrected chi connectivity index (χ1v) is 12.7. The average molecular weight is 562 g/mol. The number of ether oxygens (including phenoxy) is 2. The van der Waals surface area contributed by atoms with E-state index in [4.69, 9.17) is 9.47 Å². The minimum absolute atomic E-state index is 0.0751. The van der Waals surface area contributed by atoms with Gasteiger partial charge in [-0.1, -0.05) is 54.0 Å². The van der Waals surface area contributed by atoms with Gasteiger partial charge in [0.25, 0.3) is 0 Å². The summed E-state index contributed by atoms with van der Waals surface area (Å²) < 4.78 is 11.9. The number of aliphatic hydroxyl groups is 4. The highest BCUT2D eigenvalue weighted by atomic mass is 127. The number of phenols is 1. The Balaban J connectivity index is 1.98. The Bertz CT molecular complexity index is 797. The van der Waals surface area contributed by atoms with Crippen LogP contribution in [0.4, 0.5) is 0 Å². The molecule has 180 valence electrons. The predicted molar refractivity (Wildman–Crippen MR) is 129 cm³/mol. The van der Waals surface area contributed by atoms with Gasteiger partial charge in [0.1, 0.15) is 35.9 Å². The van der Waals surface area contributed by atoms with E-state index in [1.807, 2.05) is 6.07 Å². The Labute approximate surface area is 203 Å². The Morgan fingerprint density at radius 1 is 1.12 bits per heavy atom. The van der Waals surface area contributed by atoms with Crippen molar-refractivity contribution in [1.29, 1.82) is 0 Å². The average Bonchev–Trinajstić information content (AvgIpc) is 2.76.